The second-order valence-electron chi connectivity index (χ2n) is 10.2. The Morgan fingerprint density at radius 2 is 1.84 bits per heavy atom. The van der Waals surface area contributed by atoms with Crippen LogP contribution in [0.25, 0.3) is 0 Å². The number of piperidine rings is 1. The molecule has 0 aromatic heterocycles. The number of benzene rings is 2. The van der Waals surface area contributed by atoms with Crippen LogP contribution >= 0.6 is 0 Å². The molecule has 0 bridgehead atoms. The number of cyclic esters (lactones) is 1. The van der Waals surface area contributed by atoms with Gasteiger partial charge in [0.15, 0.2) is 11.6 Å². The third kappa shape index (κ3) is 5.03. The first-order chi connectivity index (χ1) is 17.9. The first kappa shape index (κ1) is 25.2. The smallest absolute Gasteiger partial charge is 0.418 e. The van der Waals surface area contributed by atoms with Gasteiger partial charge in [0.2, 0.25) is 0 Å². The van der Waals surface area contributed by atoms with Gasteiger partial charge in [-0.15, -0.1) is 0 Å². The van der Waals surface area contributed by atoms with Crippen LogP contribution in [-0.2, 0) is 10.2 Å². The first-order valence-electron chi connectivity index (χ1n) is 12.8. The number of urea groups is 1. The van der Waals surface area contributed by atoms with E-state index in [0.717, 1.165) is 67.7 Å². The predicted molar refractivity (Wildman–Crippen MR) is 131 cm³/mol. The van der Waals surface area contributed by atoms with Crippen molar-refractivity contribution in [3.05, 3.63) is 71.3 Å². The van der Waals surface area contributed by atoms with E-state index >= 15 is 0 Å². The summed E-state index contributed by atoms with van der Waals surface area (Å²) in [6, 6.07) is 14.6. The lowest BCUT2D eigenvalue weighted by molar-refractivity contribution is 0.0971. The molecule has 2 heterocycles. The zero-order chi connectivity index (χ0) is 26.0. The van der Waals surface area contributed by atoms with Gasteiger partial charge in [-0.05, 0) is 68.3 Å². The topological polar surface area (TPSA) is 85.7 Å². The van der Waals surface area contributed by atoms with Gasteiger partial charge in [0, 0.05) is 18.6 Å². The third-order valence-corrected chi connectivity index (χ3v) is 8.07. The van der Waals surface area contributed by atoms with Crippen molar-refractivity contribution < 1.29 is 23.1 Å². The molecule has 2 aromatic carbocycles. The maximum atomic E-state index is 13.8. The van der Waals surface area contributed by atoms with E-state index in [1.54, 1.807) is 0 Å². The fourth-order valence-electron chi connectivity index (χ4n) is 5.99. The molecule has 5 rings (SSSR count). The Morgan fingerprint density at radius 1 is 1.08 bits per heavy atom. The lowest BCUT2D eigenvalue weighted by atomic mass is 9.69. The van der Waals surface area contributed by atoms with Crippen molar-refractivity contribution in [2.24, 2.45) is 0 Å². The number of carbonyl (C=O) groups excluding carboxylic acids is 2. The number of hydrogen-bond acceptors (Lipinski definition) is 5. The summed E-state index contributed by atoms with van der Waals surface area (Å²) >= 11 is 0. The number of halogens is 2. The molecule has 9 heteroatoms. The molecular weight excluding hydrogens is 478 g/mol. The highest BCUT2D eigenvalue weighted by atomic mass is 19.2. The van der Waals surface area contributed by atoms with Gasteiger partial charge in [0.25, 0.3) is 0 Å². The number of imide groups is 1. The Kier molecular flexibility index (Phi) is 7.11. The largest absolute Gasteiger partial charge is 0.446 e. The lowest BCUT2D eigenvalue weighted by Crippen LogP contribution is -2.55. The number of amides is 3. The molecule has 3 fully saturated rings. The van der Waals surface area contributed by atoms with Crippen LogP contribution in [0.1, 0.15) is 55.7 Å². The molecule has 1 N–H and O–H groups in total. The van der Waals surface area contributed by atoms with Crippen molar-refractivity contribution in [1.82, 2.24) is 15.1 Å². The van der Waals surface area contributed by atoms with Crippen molar-refractivity contribution in [2.75, 3.05) is 19.7 Å². The Morgan fingerprint density at radius 3 is 2.54 bits per heavy atom. The van der Waals surface area contributed by atoms with Crippen LogP contribution in [0, 0.1) is 23.0 Å². The second kappa shape index (κ2) is 10.5. The Balaban J connectivity index is 1.21. The van der Waals surface area contributed by atoms with E-state index in [9.17, 15) is 23.6 Å². The van der Waals surface area contributed by atoms with E-state index in [0.29, 0.717) is 18.2 Å². The monoisotopic (exact) mass is 508 g/mol. The average Bonchev–Trinajstić information content (AvgIpc) is 3.32. The number of hydrogen-bond donors (Lipinski definition) is 1. The van der Waals surface area contributed by atoms with Crippen LogP contribution in [0.15, 0.2) is 48.5 Å². The highest BCUT2D eigenvalue weighted by Crippen LogP contribution is 2.41. The minimum atomic E-state index is -1.04. The molecule has 2 aromatic rings. The van der Waals surface area contributed by atoms with Gasteiger partial charge in [0.1, 0.15) is 12.6 Å². The molecule has 194 valence electrons. The standard InChI is InChI=1S/C28H30F2N4O3/c29-23-9-8-19(15-24(23)30)25-17-37-27(36)34(25)26(35)32-21-7-4-14-33(16-21)22-10-12-28(18-31,13-11-22)20-5-2-1-3-6-20/h1-3,5-6,8-9,15,21-22,25H,4,7,10-14,16-17H2,(H,32,35). The molecule has 2 unspecified atom stereocenters. The number of nitrogens with one attached hydrogen (secondary N) is 1. The summed E-state index contributed by atoms with van der Waals surface area (Å²) < 4.78 is 32.2. The number of likely N-dealkylation sites (tertiary alicyclic amines) is 1. The molecule has 3 amide bonds. The van der Waals surface area contributed by atoms with Crippen LogP contribution in [0.3, 0.4) is 0 Å². The van der Waals surface area contributed by atoms with Crippen LogP contribution < -0.4 is 5.32 Å². The fourth-order valence-corrected chi connectivity index (χ4v) is 5.99. The molecule has 0 radical (unpaired) electrons. The van der Waals surface area contributed by atoms with Crippen LogP contribution in [0.5, 0.6) is 0 Å². The summed E-state index contributed by atoms with van der Waals surface area (Å²) in [5, 5.41) is 13.0. The SMILES string of the molecule is N#CC1(c2ccccc2)CCC(N2CCCC(NC(=O)N3C(=O)OCC3c3ccc(F)c(F)c3)C2)CC1. The molecule has 1 saturated carbocycles. The summed E-state index contributed by atoms with van der Waals surface area (Å²) in [6.45, 7) is 1.46. The zero-order valence-electron chi connectivity index (χ0n) is 20.5. The number of ether oxygens (including phenoxy) is 1. The molecule has 2 atom stereocenters. The number of carbonyl (C=O) groups is 2. The van der Waals surface area contributed by atoms with Crippen molar-refractivity contribution in [3.63, 3.8) is 0 Å². The molecular formula is C28H30F2N4O3. The number of rotatable bonds is 4. The van der Waals surface area contributed by atoms with Crippen molar-refractivity contribution in [1.29, 1.82) is 5.26 Å². The van der Waals surface area contributed by atoms with Crippen LogP contribution in [-0.4, -0.2) is 53.7 Å². The normalized spacial score (nSPS) is 28.4. The highest BCUT2D eigenvalue weighted by Gasteiger charge is 2.42. The summed E-state index contributed by atoms with van der Waals surface area (Å²) in [7, 11) is 0. The maximum Gasteiger partial charge on any atom is 0.418 e. The quantitative estimate of drug-likeness (QED) is 0.626. The van der Waals surface area contributed by atoms with E-state index in [4.69, 9.17) is 4.74 Å². The second-order valence-corrected chi connectivity index (χ2v) is 10.2. The van der Waals surface area contributed by atoms with Crippen LogP contribution in [0.2, 0.25) is 0 Å². The Hall–Kier alpha value is -3.51. The molecule has 7 nitrogen and oxygen atoms in total. The highest BCUT2D eigenvalue weighted by molar-refractivity contribution is 5.92. The van der Waals surface area contributed by atoms with Gasteiger partial charge in [-0.1, -0.05) is 36.4 Å². The van der Waals surface area contributed by atoms with Crippen molar-refractivity contribution in [3.8, 4) is 6.07 Å². The van der Waals surface area contributed by atoms with Gasteiger partial charge in [-0.2, -0.15) is 5.26 Å². The third-order valence-electron chi connectivity index (χ3n) is 8.07. The van der Waals surface area contributed by atoms with Crippen LogP contribution in [0.4, 0.5) is 18.4 Å². The van der Waals surface area contributed by atoms with E-state index < -0.39 is 35.2 Å². The summed E-state index contributed by atoms with van der Waals surface area (Å²) in [6.07, 6.45) is 4.27. The average molecular weight is 509 g/mol. The number of nitrogens with zero attached hydrogens (tertiary/aromatic N) is 3. The van der Waals surface area contributed by atoms with E-state index in [1.165, 1.54) is 6.07 Å². The van der Waals surface area contributed by atoms with Crippen molar-refractivity contribution in [2.45, 2.75) is 62.1 Å². The molecule has 2 saturated heterocycles. The first-order valence-corrected chi connectivity index (χ1v) is 12.8. The Labute approximate surface area is 215 Å². The van der Waals surface area contributed by atoms with Gasteiger partial charge >= 0.3 is 12.1 Å². The van der Waals surface area contributed by atoms with Gasteiger partial charge in [0.05, 0.1) is 11.5 Å². The number of nitriles is 1. The van der Waals surface area contributed by atoms with Crippen molar-refractivity contribution >= 4 is 12.1 Å². The molecule has 2 aliphatic heterocycles. The van der Waals surface area contributed by atoms with E-state index in [2.05, 4.69) is 16.3 Å². The van der Waals surface area contributed by atoms with Gasteiger partial charge < -0.3 is 10.1 Å². The predicted octanol–water partition coefficient (Wildman–Crippen LogP) is 5.04. The Bertz CT molecular complexity index is 1190. The minimum absolute atomic E-state index is 0.113. The zero-order valence-corrected chi connectivity index (χ0v) is 20.5. The molecule has 37 heavy (non-hydrogen) atoms. The van der Waals surface area contributed by atoms with Gasteiger partial charge in [-0.25, -0.2) is 23.3 Å². The van der Waals surface area contributed by atoms with E-state index in [1.807, 2.05) is 30.3 Å². The summed E-state index contributed by atoms with van der Waals surface area (Å²) in [4.78, 5) is 28.8. The minimum Gasteiger partial charge on any atom is -0.446 e. The van der Waals surface area contributed by atoms with Gasteiger partial charge in [-0.3, -0.25) is 4.90 Å². The molecule has 0 spiro atoms. The molecule has 3 aliphatic rings. The maximum absolute atomic E-state index is 13.8. The summed E-state index contributed by atoms with van der Waals surface area (Å²) in [5.41, 5.74) is 0.922. The fraction of sp³-hybridized carbons (Fsp3) is 0.464. The lowest BCUT2D eigenvalue weighted by Gasteiger charge is -2.43. The molecule has 1 aliphatic carbocycles. The summed E-state index contributed by atoms with van der Waals surface area (Å²) in [5.74, 6) is -2.04. The van der Waals surface area contributed by atoms with E-state index in [-0.39, 0.29) is 12.6 Å².